The van der Waals surface area contributed by atoms with Crippen LogP contribution >= 0.6 is 23.2 Å². The normalized spacial score (nSPS) is 18.8. The van der Waals surface area contributed by atoms with Gasteiger partial charge >= 0.3 is 0 Å². The van der Waals surface area contributed by atoms with Crippen LogP contribution in [0, 0.1) is 0 Å². The van der Waals surface area contributed by atoms with E-state index < -0.39 is 0 Å². The zero-order chi connectivity index (χ0) is 19.7. The fourth-order valence-electron chi connectivity index (χ4n) is 3.64. The van der Waals surface area contributed by atoms with Gasteiger partial charge in [-0.2, -0.15) is 10.1 Å². The van der Waals surface area contributed by atoms with E-state index in [4.69, 9.17) is 27.9 Å². The zero-order valence-electron chi connectivity index (χ0n) is 15.1. The maximum absolute atomic E-state index is 12.9. The Labute approximate surface area is 172 Å². The van der Waals surface area contributed by atoms with Crippen molar-refractivity contribution in [3.63, 3.8) is 0 Å². The molecule has 1 amide bonds. The van der Waals surface area contributed by atoms with Crippen LogP contribution in [0.25, 0.3) is 0 Å². The largest absolute Gasteiger partial charge is 0.375 e. The van der Waals surface area contributed by atoms with Crippen LogP contribution in [0.5, 0.6) is 0 Å². The Bertz CT molecular complexity index is 990. The van der Waals surface area contributed by atoms with Crippen molar-refractivity contribution in [3.05, 3.63) is 76.0 Å². The second kappa shape index (κ2) is 7.91. The number of nitrogens with zero attached hydrogens (tertiary/aromatic N) is 4. The molecular weight excluding hydrogens is 399 g/mol. The van der Waals surface area contributed by atoms with Crippen molar-refractivity contribution in [1.29, 1.82) is 0 Å². The molecule has 1 aliphatic heterocycles. The third kappa shape index (κ3) is 3.39. The molecule has 0 saturated heterocycles. The van der Waals surface area contributed by atoms with Crippen molar-refractivity contribution in [2.24, 2.45) is 0 Å². The molecule has 0 unspecified atom stereocenters. The second-order valence-electron chi connectivity index (χ2n) is 6.54. The van der Waals surface area contributed by atoms with Crippen LogP contribution in [0.15, 0.2) is 54.9 Å². The number of carbonyl (C=O) groups excluding carboxylic acids is 1. The van der Waals surface area contributed by atoms with Gasteiger partial charge in [0.15, 0.2) is 0 Å². The number of fused-ring (bicyclic) bond motifs is 1. The molecule has 1 aromatic heterocycles. The molecule has 28 heavy (non-hydrogen) atoms. The molecule has 6 nitrogen and oxygen atoms in total. The molecule has 2 aromatic carbocycles. The predicted octanol–water partition coefficient (Wildman–Crippen LogP) is 4.30. The summed E-state index contributed by atoms with van der Waals surface area (Å²) in [5.74, 6) is 0.285. The number of aromatic nitrogens is 3. The molecule has 144 valence electrons. The van der Waals surface area contributed by atoms with Crippen LogP contribution in [0.4, 0.5) is 5.95 Å². The summed E-state index contributed by atoms with van der Waals surface area (Å²) in [4.78, 5) is 18.9. The van der Waals surface area contributed by atoms with Crippen molar-refractivity contribution in [1.82, 2.24) is 14.8 Å². The van der Waals surface area contributed by atoms with E-state index in [2.05, 4.69) is 10.1 Å². The standard InChI is InChI=1S/C20H18Cl2N4O2/c1-28-11-19(27)25-17(13-6-8-14(21)9-7-13)10-18(26-20(25)23-12-24-26)15-4-2-3-5-16(15)22/h2-9,12,17-18H,10-11H2,1H3/t17-,18+/m0/s1. The highest BCUT2D eigenvalue weighted by atomic mass is 35.5. The summed E-state index contributed by atoms with van der Waals surface area (Å²) in [5, 5.41) is 5.67. The Morgan fingerprint density at radius 1 is 1.14 bits per heavy atom. The van der Waals surface area contributed by atoms with Gasteiger partial charge in [-0.3, -0.25) is 9.69 Å². The molecule has 0 aliphatic carbocycles. The first-order valence-electron chi connectivity index (χ1n) is 8.80. The van der Waals surface area contributed by atoms with Gasteiger partial charge in [0.05, 0.1) is 12.1 Å². The first-order valence-corrected chi connectivity index (χ1v) is 9.56. The van der Waals surface area contributed by atoms with Crippen LogP contribution in [0.2, 0.25) is 10.0 Å². The fourth-order valence-corrected chi connectivity index (χ4v) is 4.03. The highest BCUT2D eigenvalue weighted by Gasteiger charge is 2.39. The van der Waals surface area contributed by atoms with Gasteiger partial charge < -0.3 is 4.74 Å². The van der Waals surface area contributed by atoms with Gasteiger partial charge in [-0.05, 0) is 35.7 Å². The molecule has 1 aliphatic rings. The average molecular weight is 417 g/mol. The Morgan fingerprint density at radius 2 is 1.89 bits per heavy atom. The van der Waals surface area contributed by atoms with Gasteiger partial charge in [-0.1, -0.05) is 53.5 Å². The van der Waals surface area contributed by atoms with E-state index in [1.807, 2.05) is 48.5 Å². The van der Waals surface area contributed by atoms with Crippen LogP contribution in [0.3, 0.4) is 0 Å². The molecule has 3 aromatic rings. The number of rotatable bonds is 4. The van der Waals surface area contributed by atoms with Crippen molar-refractivity contribution in [3.8, 4) is 0 Å². The van der Waals surface area contributed by atoms with Crippen molar-refractivity contribution >= 4 is 35.1 Å². The summed E-state index contributed by atoms with van der Waals surface area (Å²) in [6.45, 7) is -0.0479. The minimum Gasteiger partial charge on any atom is -0.375 e. The lowest BCUT2D eigenvalue weighted by atomic mass is 9.92. The number of benzene rings is 2. The lowest BCUT2D eigenvalue weighted by Gasteiger charge is -2.39. The smallest absolute Gasteiger partial charge is 0.255 e. The van der Waals surface area contributed by atoms with Crippen LogP contribution in [0.1, 0.15) is 29.6 Å². The van der Waals surface area contributed by atoms with E-state index in [9.17, 15) is 4.79 Å². The number of hydrogen-bond acceptors (Lipinski definition) is 4. The Kier molecular flexibility index (Phi) is 5.35. The van der Waals surface area contributed by atoms with Crippen LogP contribution < -0.4 is 4.90 Å². The van der Waals surface area contributed by atoms with Crippen molar-refractivity contribution < 1.29 is 9.53 Å². The molecular formula is C20H18Cl2N4O2. The van der Waals surface area contributed by atoms with E-state index in [1.165, 1.54) is 13.4 Å². The SMILES string of the molecule is COCC(=O)N1c2ncnn2[C@@H](c2ccccc2Cl)C[C@H]1c1ccc(Cl)cc1. The second-order valence-corrected chi connectivity index (χ2v) is 7.39. The van der Waals surface area contributed by atoms with Crippen molar-refractivity contribution in [2.75, 3.05) is 18.6 Å². The highest BCUT2D eigenvalue weighted by Crippen LogP contribution is 2.43. The minimum atomic E-state index is -0.252. The molecule has 0 fully saturated rings. The molecule has 2 atom stereocenters. The van der Waals surface area contributed by atoms with E-state index >= 15 is 0 Å². The van der Waals surface area contributed by atoms with Gasteiger partial charge in [0.25, 0.3) is 5.91 Å². The number of hydrogen-bond donors (Lipinski definition) is 0. The van der Waals surface area contributed by atoms with E-state index in [1.54, 1.807) is 9.58 Å². The average Bonchev–Trinajstić information content (AvgIpc) is 3.18. The van der Waals surface area contributed by atoms with Gasteiger partial charge in [-0.15, -0.1) is 0 Å². The quantitative estimate of drug-likeness (QED) is 0.635. The third-order valence-electron chi connectivity index (χ3n) is 4.88. The summed E-state index contributed by atoms with van der Waals surface area (Å²) >= 11 is 12.5. The number of methoxy groups -OCH3 is 1. The monoisotopic (exact) mass is 416 g/mol. The van der Waals surface area contributed by atoms with Gasteiger partial charge in [-0.25, -0.2) is 4.68 Å². The number of ether oxygens (including phenoxy) is 1. The highest BCUT2D eigenvalue weighted by molar-refractivity contribution is 6.31. The summed E-state index contributed by atoms with van der Waals surface area (Å²) in [5.41, 5.74) is 1.90. The fraction of sp³-hybridized carbons (Fsp3) is 0.250. The van der Waals surface area contributed by atoms with Crippen molar-refractivity contribution in [2.45, 2.75) is 18.5 Å². The molecule has 0 spiro atoms. The van der Waals surface area contributed by atoms with Gasteiger partial charge in [0, 0.05) is 17.2 Å². The van der Waals surface area contributed by atoms with Gasteiger partial charge in [0.2, 0.25) is 5.95 Å². The summed E-state index contributed by atoms with van der Waals surface area (Å²) in [6.07, 6.45) is 2.05. The number of anilines is 1. The molecule has 0 saturated carbocycles. The summed E-state index contributed by atoms with van der Waals surface area (Å²) < 4.78 is 6.84. The zero-order valence-corrected chi connectivity index (χ0v) is 16.6. The Hall–Kier alpha value is -2.41. The maximum Gasteiger partial charge on any atom is 0.255 e. The van der Waals surface area contributed by atoms with E-state index in [-0.39, 0.29) is 24.6 Å². The minimum absolute atomic E-state index is 0.0479. The predicted molar refractivity (Wildman–Crippen MR) is 108 cm³/mol. The first kappa shape index (κ1) is 18.9. The molecule has 8 heteroatoms. The number of amides is 1. The Morgan fingerprint density at radius 3 is 2.61 bits per heavy atom. The molecule has 0 N–H and O–H groups in total. The van der Waals surface area contributed by atoms with E-state index in [0.717, 1.165) is 11.1 Å². The lowest BCUT2D eigenvalue weighted by molar-refractivity contribution is -0.123. The van der Waals surface area contributed by atoms with Gasteiger partial charge in [0.1, 0.15) is 12.9 Å². The summed E-state index contributed by atoms with van der Waals surface area (Å²) in [6, 6.07) is 14.7. The molecule has 0 bridgehead atoms. The molecule has 0 radical (unpaired) electrons. The molecule has 4 rings (SSSR count). The summed E-state index contributed by atoms with van der Waals surface area (Å²) in [7, 11) is 1.50. The number of carbonyl (C=O) groups is 1. The van der Waals surface area contributed by atoms with Crippen LogP contribution in [-0.2, 0) is 9.53 Å². The first-order chi connectivity index (χ1) is 13.6. The van der Waals surface area contributed by atoms with E-state index in [0.29, 0.717) is 22.4 Å². The van der Waals surface area contributed by atoms with Crippen LogP contribution in [-0.4, -0.2) is 34.4 Å². The maximum atomic E-state index is 12.9. The third-order valence-corrected chi connectivity index (χ3v) is 5.47. The Balaban J connectivity index is 1.84. The topological polar surface area (TPSA) is 60.2 Å². The number of halogens is 2. The lowest BCUT2D eigenvalue weighted by Crippen LogP contribution is -2.44. The molecule has 2 heterocycles.